The van der Waals surface area contributed by atoms with Crippen LogP contribution in [0.25, 0.3) is 32.2 Å². The van der Waals surface area contributed by atoms with Crippen molar-refractivity contribution in [1.82, 2.24) is 20.1 Å². The summed E-state index contributed by atoms with van der Waals surface area (Å²) in [7, 11) is 1.94. The highest BCUT2D eigenvalue weighted by Gasteiger charge is 2.20. The fraction of sp³-hybridized carbons (Fsp3) is 0.333. The van der Waals surface area contributed by atoms with Gasteiger partial charge in [-0.3, -0.25) is 4.68 Å². The van der Waals surface area contributed by atoms with E-state index in [1.54, 1.807) is 11.3 Å². The lowest BCUT2D eigenvalue weighted by Gasteiger charge is -2.20. The molecule has 0 aliphatic carbocycles. The van der Waals surface area contributed by atoms with Crippen LogP contribution in [0.5, 0.6) is 5.75 Å². The van der Waals surface area contributed by atoms with Crippen LogP contribution in [0, 0.1) is 6.92 Å². The maximum atomic E-state index is 10.6. The average molecular weight is 379 g/mol. The molecule has 1 saturated heterocycles. The van der Waals surface area contributed by atoms with E-state index in [0.717, 1.165) is 68.7 Å². The van der Waals surface area contributed by atoms with E-state index in [4.69, 9.17) is 4.98 Å². The van der Waals surface area contributed by atoms with Crippen molar-refractivity contribution in [3.63, 3.8) is 0 Å². The van der Waals surface area contributed by atoms with Gasteiger partial charge in [0.15, 0.2) is 0 Å². The molecule has 27 heavy (non-hydrogen) atoms. The zero-order chi connectivity index (χ0) is 18.5. The summed E-state index contributed by atoms with van der Waals surface area (Å²) in [5, 5.41) is 20.8. The topological polar surface area (TPSA) is 63.0 Å². The Hall–Kier alpha value is -2.44. The molecule has 0 atom stereocenters. The number of aromatic hydroxyl groups is 1. The van der Waals surface area contributed by atoms with Gasteiger partial charge < -0.3 is 10.4 Å². The van der Waals surface area contributed by atoms with Crippen LogP contribution in [0.4, 0.5) is 0 Å². The fourth-order valence-corrected chi connectivity index (χ4v) is 5.23. The highest BCUT2D eigenvalue weighted by molar-refractivity contribution is 7.18. The van der Waals surface area contributed by atoms with Gasteiger partial charge in [0, 0.05) is 24.5 Å². The van der Waals surface area contributed by atoms with Crippen molar-refractivity contribution in [3.8, 4) is 16.9 Å². The van der Waals surface area contributed by atoms with Crippen LogP contribution in [0.3, 0.4) is 0 Å². The molecule has 0 saturated carbocycles. The van der Waals surface area contributed by atoms with Crippen LogP contribution in [0.2, 0.25) is 0 Å². The zero-order valence-corrected chi connectivity index (χ0v) is 16.3. The maximum Gasteiger partial charge on any atom is 0.143 e. The number of phenolic OH excluding ortho intramolecular Hbond substituents is 1. The lowest BCUT2D eigenvalue weighted by molar-refractivity contribution is 0.458. The highest BCUT2D eigenvalue weighted by atomic mass is 32.1. The Morgan fingerprint density at radius 1 is 1.11 bits per heavy atom. The number of aryl methyl sites for hydroxylation is 2. The van der Waals surface area contributed by atoms with Gasteiger partial charge in [0.1, 0.15) is 11.3 Å². The predicted octanol–water partition coefficient (Wildman–Crippen LogP) is 4.33. The number of piperidine rings is 1. The molecule has 0 radical (unpaired) electrons. The average Bonchev–Trinajstić information content (AvgIpc) is 3.26. The van der Waals surface area contributed by atoms with E-state index in [9.17, 15) is 5.11 Å². The molecule has 0 unspecified atom stereocenters. The maximum absolute atomic E-state index is 10.6. The Morgan fingerprint density at radius 2 is 1.89 bits per heavy atom. The van der Waals surface area contributed by atoms with Gasteiger partial charge in [-0.05, 0) is 73.8 Å². The molecule has 2 aromatic heterocycles. The summed E-state index contributed by atoms with van der Waals surface area (Å²) in [6.45, 7) is 4.17. The van der Waals surface area contributed by atoms with Gasteiger partial charge in [0.2, 0.25) is 0 Å². The van der Waals surface area contributed by atoms with E-state index < -0.39 is 0 Å². The molecule has 5 rings (SSSR count). The van der Waals surface area contributed by atoms with Crippen molar-refractivity contribution in [2.45, 2.75) is 25.7 Å². The summed E-state index contributed by atoms with van der Waals surface area (Å²) >= 11 is 1.72. The Kier molecular flexibility index (Phi) is 3.91. The number of nitrogens with zero attached hydrogens (tertiary/aromatic N) is 3. The van der Waals surface area contributed by atoms with Crippen molar-refractivity contribution < 1.29 is 5.11 Å². The Morgan fingerprint density at radius 3 is 2.70 bits per heavy atom. The third-order valence-corrected chi connectivity index (χ3v) is 6.59. The monoisotopic (exact) mass is 378 g/mol. The van der Waals surface area contributed by atoms with E-state index in [1.807, 2.05) is 24.0 Å². The van der Waals surface area contributed by atoms with Crippen LogP contribution in [-0.2, 0) is 7.05 Å². The first kappa shape index (κ1) is 16.7. The van der Waals surface area contributed by atoms with E-state index in [-0.39, 0.29) is 5.75 Å². The number of aromatic nitrogens is 3. The lowest BCUT2D eigenvalue weighted by Crippen LogP contribution is -2.26. The van der Waals surface area contributed by atoms with E-state index in [0.29, 0.717) is 5.92 Å². The van der Waals surface area contributed by atoms with Crippen LogP contribution in [0.1, 0.15) is 29.3 Å². The minimum Gasteiger partial charge on any atom is -0.506 e. The van der Waals surface area contributed by atoms with Crippen molar-refractivity contribution in [2.24, 2.45) is 7.05 Å². The molecule has 0 spiro atoms. The normalized spacial score (nSPS) is 15.8. The van der Waals surface area contributed by atoms with Gasteiger partial charge >= 0.3 is 0 Å². The van der Waals surface area contributed by atoms with Crippen LogP contribution in [-0.4, -0.2) is 33.0 Å². The molecule has 5 nitrogen and oxygen atoms in total. The smallest absolute Gasteiger partial charge is 0.143 e. The Balaban J connectivity index is 1.61. The molecule has 1 fully saturated rings. The summed E-state index contributed by atoms with van der Waals surface area (Å²) in [5.41, 5.74) is 5.02. The van der Waals surface area contributed by atoms with Crippen LogP contribution >= 0.6 is 11.3 Å². The summed E-state index contributed by atoms with van der Waals surface area (Å²) in [5.74, 6) is 0.767. The van der Waals surface area contributed by atoms with Crippen molar-refractivity contribution >= 4 is 32.5 Å². The molecule has 1 aliphatic heterocycles. The van der Waals surface area contributed by atoms with Gasteiger partial charge in [0.25, 0.3) is 0 Å². The van der Waals surface area contributed by atoms with Gasteiger partial charge in [-0.15, -0.1) is 11.3 Å². The van der Waals surface area contributed by atoms with E-state index in [1.165, 1.54) is 0 Å². The Bertz CT molecular complexity index is 1150. The predicted molar refractivity (Wildman–Crippen MR) is 111 cm³/mol. The second-order valence-electron chi connectivity index (χ2n) is 7.45. The molecule has 0 amide bonds. The molecule has 3 heterocycles. The summed E-state index contributed by atoms with van der Waals surface area (Å²) in [4.78, 5) is 4.77. The molecular weight excluding hydrogens is 356 g/mol. The van der Waals surface area contributed by atoms with Crippen LogP contribution < -0.4 is 5.32 Å². The second kappa shape index (κ2) is 6.32. The first-order chi connectivity index (χ1) is 13.1. The standard InChI is InChI=1S/C21H22N4OS/c1-12-7-14(8-16-11-25(2)24-19(12)16)15-9-17(26)20-18(10-15)27-21(23-20)13-3-5-22-6-4-13/h7-11,13,22,26H,3-6H2,1-2H3. The summed E-state index contributed by atoms with van der Waals surface area (Å²) in [6.07, 6.45) is 4.26. The number of fused-ring (bicyclic) bond motifs is 2. The SMILES string of the molecule is Cc1cc(-c2cc(O)c3nc(C4CCNCC4)sc3c2)cc2cn(C)nc12. The van der Waals surface area contributed by atoms with Crippen LogP contribution in [0.15, 0.2) is 30.5 Å². The number of thiazole rings is 1. The number of hydrogen-bond acceptors (Lipinski definition) is 5. The largest absolute Gasteiger partial charge is 0.506 e. The third kappa shape index (κ3) is 2.89. The van der Waals surface area contributed by atoms with Crippen molar-refractivity contribution in [1.29, 1.82) is 0 Å². The zero-order valence-electron chi connectivity index (χ0n) is 15.5. The Labute approximate surface area is 161 Å². The van der Waals surface area contributed by atoms with Gasteiger partial charge in [0.05, 0.1) is 15.2 Å². The van der Waals surface area contributed by atoms with Crippen molar-refractivity contribution in [3.05, 3.63) is 41.0 Å². The highest BCUT2D eigenvalue weighted by Crippen LogP contribution is 2.39. The number of rotatable bonds is 2. The summed E-state index contributed by atoms with van der Waals surface area (Å²) < 4.78 is 2.90. The number of benzene rings is 2. The molecule has 6 heteroatoms. The summed E-state index contributed by atoms with van der Waals surface area (Å²) in [6, 6.07) is 8.29. The molecule has 4 aromatic rings. The molecule has 0 bridgehead atoms. The minimum absolute atomic E-state index is 0.267. The van der Waals surface area contributed by atoms with Gasteiger partial charge in [-0.1, -0.05) is 0 Å². The number of hydrogen-bond donors (Lipinski definition) is 2. The number of nitrogens with one attached hydrogen (secondary N) is 1. The van der Waals surface area contributed by atoms with Crippen molar-refractivity contribution in [2.75, 3.05) is 13.1 Å². The quantitative estimate of drug-likeness (QED) is 0.545. The molecule has 2 aromatic carbocycles. The van der Waals surface area contributed by atoms with E-state index >= 15 is 0 Å². The second-order valence-corrected chi connectivity index (χ2v) is 8.51. The number of phenols is 1. The molecular formula is C21H22N4OS. The lowest BCUT2D eigenvalue weighted by atomic mass is 9.99. The first-order valence-electron chi connectivity index (χ1n) is 9.37. The molecule has 1 aliphatic rings. The molecule has 138 valence electrons. The van der Waals surface area contributed by atoms with E-state index in [2.05, 4.69) is 35.5 Å². The molecule has 2 N–H and O–H groups in total. The minimum atomic E-state index is 0.267. The van der Waals surface area contributed by atoms with Gasteiger partial charge in [-0.2, -0.15) is 5.10 Å². The van der Waals surface area contributed by atoms with Gasteiger partial charge in [-0.25, -0.2) is 4.98 Å². The first-order valence-corrected chi connectivity index (χ1v) is 10.2. The fourth-order valence-electron chi connectivity index (χ4n) is 4.04. The third-order valence-electron chi connectivity index (χ3n) is 5.43.